The SMILES string of the molecule is N#Cc1c2c(c(=O)n(Cc3ccccc3)c1N)Cc1ccccc1-2. The molecule has 24 heavy (non-hydrogen) atoms. The van der Waals surface area contributed by atoms with Crippen LogP contribution >= 0.6 is 0 Å². The molecule has 0 fully saturated rings. The van der Waals surface area contributed by atoms with Gasteiger partial charge >= 0.3 is 0 Å². The first-order valence-corrected chi connectivity index (χ1v) is 7.78. The predicted molar refractivity (Wildman–Crippen MR) is 93.6 cm³/mol. The van der Waals surface area contributed by atoms with Crippen molar-refractivity contribution in [2.45, 2.75) is 13.0 Å². The number of hydrogen-bond donors (Lipinski definition) is 1. The molecule has 1 aliphatic carbocycles. The number of nitriles is 1. The second kappa shape index (κ2) is 5.39. The minimum atomic E-state index is -0.110. The highest BCUT2D eigenvalue weighted by Gasteiger charge is 2.28. The lowest BCUT2D eigenvalue weighted by atomic mass is 10.0. The highest BCUT2D eigenvalue weighted by Crippen LogP contribution is 2.38. The molecule has 1 aliphatic rings. The van der Waals surface area contributed by atoms with Gasteiger partial charge in [-0.2, -0.15) is 5.26 Å². The Bertz CT molecular complexity index is 1040. The lowest BCUT2D eigenvalue weighted by Crippen LogP contribution is -2.27. The topological polar surface area (TPSA) is 71.8 Å². The van der Waals surface area contributed by atoms with Gasteiger partial charge in [0.1, 0.15) is 17.5 Å². The van der Waals surface area contributed by atoms with Gasteiger partial charge in [-0.1, -0.05) is 54.6 Å². The molecule has 0 unspecified atom stereocenters. The summed E-state index contributed by atoms with van der Waals surface area (Å²) in [6.07, 6.45) is 0.550. The van der Waals surface area contributed by atoms with E-state index in [9.17, 15) is 10.1 Å². The summed E-state index contributed by atoms with van der Waals surface area (Å²) >= 11 is 0. The largest absolute Gasteiger partial charge is 0.384 e. The minimum absolute atomic E-state index is 0.110. The van der Waals surface area contributed by atoms with Crippen LogP contribution in [-0.4, -0.2) is 4.57 Å². The van der Waals surface area contributed by atoms with Gasteiger partial charge in [-0.25, -0.2) is 0 Å². The summed E-state index contributed by atoms with van der Waals surface area (Å²) in [6, 6.07) is 19.7. The lowest BCUT2D eigenvalue weighted by Gasteiger charge is -2.15. The second-order valence-corrected chi connectivity index (χ2v) is 5.94. The Labute approximate surface area is 139 Å². The monoisotopic (exact) mass is 313 g/mol. The van der Waals surface area contributed by atoms with E-state index in [1.807, 2.05) is 54.6 Å². The van der Waals surface area contributed by atoms with E-state index in [4.69, 9.17) is 5.73 Å². The third-order valence-electron chi connectivity index (χ3n) is 4.55. The van der Waals surface area contributed by atoms with E-state index < -0.39 is 0 Å². The number of nitrogens with zero attached hydrogens (tertiary/aromatic N) is 2. The summed E-state index contributed by atoms with van der Waals surface area (Å²) in [7, 11) is 0. The fourth-order valence-electron chi connectivity index (χ4n) is 3.40. The fourth-order valence-corrected chi connectivity index (χ4v) is 3.40. The van der Waals surface area contributed by atoms with Crippen LogP contribution in [0.1, 0.15) is 22.3 Å². The number of benzene rings is 2. The van der Waals surface area contributed by atoms with Crippen LogP contribution in [0.2, 0.25) is 0 Å². The maximum absolute atomic E-state index is 13.0. The van der Waals surface area contributed by atoms with Crippen LogP contribution < -0.4 is 11.3 Å². The van der Waals surface area contributed by atoms with Crippen molar-refractivity contribution in [3.05, 3.63) is 87.2 Å². The molecule has 1 heterocycles. The Morgan fingerprint density at radius 1 is 1.08 bits per heavy atom. The molecule has 0 amide bonds. The molecular formula is C20H15N3O. The van der Waals surface area contributed by atoms with Crippen LogP contribution in [0.25, 0.3) is 11.1 Å². The standard InChI is InChI=1S/C20H15N3O/c21-11-17-18-15-9-5-4-8-14(15)10-16(18)20(24)23(19(17)22)12-13-6-2-1-3-7-13/h1-9H,10,12,22H2. The van der Waals surface area contributed by atoms with Crippen molar-refractivity contribution in [2.24, 2.45) is 0 Å². The van der Waals surface area contributed by atoms with E-state index in [-0.39, 0.29) is 11.4 Å². The molecule has 0 saturated carbocycles. The molecule has 2 N–H and O–H groups in total. The van der Waals surface area contributed by atoms with Gasteiger partial charge in [0.15, 0.2) is 0 Å². The fraction of sp³-hybridized carbons (Fsp3) is 0.100. The second-order valence-electron chi connectivity index (χ2n) is 5.94. The molecule has 0 atom stereocenters. The minimum Gasteiger partial charge on any atom is -0.384 e. The highest BCUT2D eigenvalue weighted by atomic mass is 16.1. The Kier molecular flexibility index (Phi) is 3.21. The van der Waals surface area contributed by atoms with Crippen molar-refractivity contribution in [1.29, 1.82) is 5.26 Å². The van der Waals surface area contributed by atoms with Crippen LogP contribution in [0, 0.1) is 11.3 Å². The quantitative estimate of drug-likeness (QED) is 0.618. The molecule has 0 spiro atoms. The van der Waals surface area contributed by atoms with E-state index >= 15 is 0 Å². The number of fused-ring (bicyclic) bond motifs is 3. The van der Waals surface area contributed by atoms with Crippen molar-refractivity contribution in [1.82, 2.24) is 4.57 Å². The number of pyridine rings is 1. The Balaban J connectivity index is 1.96. The summed E-state index contributed by atoms with van der Waals surface area (Å²) in [5, 5.41) is 9.64. The van der Waals surface area contributed by atoms with Crippen LogP contribution in [0.15, 0.2) is 59.4 Å². The molecule has 0 bridgehead atoms. The maximum Gasteiger partial charge on any atom is 0.256 e. The van der Waals surface area contributed by atoms with E-state index in [2.05, 4.69) is 6.07 Å². The van der Waals surface area contributed by atoms with Gasteiger partial charge in [0.05, 0.1) is 6.54 Å². The molecule has 4 rings (SSSR count). The molecule has 1 aromatic heterocycles. The summed E-state index contributed by atoms with van der Waals surface area (Å²) < 4.78 is 1.51. The van der Waals surface area contributed by atoms with Gasteiger partial charge in [0.2, 0.25) is 0 Å². The molecule has 0 aliphatic heterocycles. The van der Waals surface area contributed by atoms with E-state index in [1.165, 1.54) is 4.57 Å². The number of anilines is 1. The zero-order valence-corrected chi connectivity index (χ0v) is 13.0. The number of nitrogen functional groups attached to an aromatic ring is 1. The smallest absolute Gasteiger partial charge is 0.256 e. The molecule has 0 radical (unpaired) electrons. The first-order valence-electron chi connectivity index (χ1n) is 7.78. The van der Waals surface area contributed by atoms with Gasteiger partial charge in [0.25, 0.3) is 5.56 Å². The number of aromatic nitrogens is 1. The number of nitrogens with two attached hydrogens (primary N) is 1. The van der Waals surface area contributed by atoms with Crippen LogP contribution in [0.3, 0.4) is 0 Å². The van der Waals surface area contributed by atoms with Crippen molar-refractivity contribution in [3.8, 4) is 17.2 Å². The lowest BCUT2D eigenvalue weighted by molar-refractivity contribution is 0.762. The molecular weight excluding hydrogens is 298 g/mol. The van der Waals surface area contributed by atoms with Gasteiger partial charge in [0, 0.05) is 17.5 Å². The Morgan fingerprint density at radius 2 is 1.79 bits per heavy atom. The maximum atomic E-state index is 13.0. The molecule has 4 nitrogen and oxygen atoms in total. The average molecular weight is 313 g/mol. The van der Waals surface area contributed by atoms with Crippen LogP contribution in [-0.2, 0) is 13.0 Å². The van der Waals surface area contributed by atoms with Gasteiger partial charge in [-0.15, -0.1) is 0 Å². The highest BCUT2D eigenvalue weighted by molar-refractivity contribution is 5.84. The van der Waals surface area contributed by atoms with Crippen molar-refractivity contribution in [2.75, 3.05) is 5.73 Å². The zero-order valence-electron chi connectivity index (χ0n) is 13.0. The van der Waals surface area contributed by atoms with Crippen molar-refractivity contribution in [3.63, 3.8) is 0 Å². The number of rotatable bonds is 2. The third kappa shape index (κ3) is 2.03. The van der Waals surface area contributed by atoms with Crippen molar-refractivity contribution >= 4 is 5.82 Å². The summed E-state index contributed by atoms with van der Waals surface area (Å²) in [6.45, 7) is 0.365. The first-order chi connectivity index (χ1) is 11.7. The first kappa shape index (κ1) is 14.3. The van der Waals surface area contributed by atoms with Crippen molar-refractivity contribution < 1.29 is 0 Å². The normalized spacial score (nSPS) is 11.6. The number of hydrogen-bond acceptors (Lipinski definition) is 3. The predicted octanol–water partition coefficient (Wildman–Crippen LogP) is 2.92. The Hall–Kier alpha value is -3.32. The van der Waals surface area contributed by atoms with Crippen LogP contribution in [0.4, 0.5) is 5.82 Å². The summed E-state index contributed by atoms with van der Waals surface area (Å²) in [4.78, 5) is 13.0. The van der Waals surface area contributed by atoms with Gasteiger partial charge in [-0.3, -0.25) is 9.36 Å². The third-order valence-corrected chi connectivity index (χ3v) is 4.55. The summed E-state index contributed by atoms with van der Waals surface area (Å²) in [5.74, 6) is 0.238. The molecule has 2 aromatic carbocycles. The molecule has 116 valence electrons. The molecule has 4 heteroatoms. The van der Waals surface area contributed by atoms with Gasteiger partial charge < -0.3 is 5.73 Å². The molecule has 0 saturated heterocycles. The zero-order chi connectivity index (χ0) is 16.7. The summed E-state index contributed by atoms with van der Waals surface area (Å²) in [5.41, 5.74) is 10.9. The van der Waals surface area contributed by atoms with E-state index in [0.29, 0.717) is 29.7 Å². The van der Waals surface area contributed by atoms with E-state index in [0.717, 1.165) is 16.7 Å². The van der Waals surface area contributed by atoms with Gasteiger partial charge in [-0.05, 0) is 16.7 Å². The van der Waals surface area contributed by atoms with E-state index in [1.54, 1.807) is 0 Å². The average Bonchev–Trinajstić information content (AvgIpc) is 3.00. The molecule has 3 aromatic rings. The van der Waals surface area contributed by atoms with Crippen LogP contribution in [0.5, 0.6) is 0 Å². The Morgan fingerprint density at radius 3 is 2.54 bits per heavy atom.